The zero-order chi connectivity index (χ0) is 17.2. The van der Waals surface area contributed by atoms with Crippen molar-refractivity contribution in [2.24, 2.45) is 0 Å². The van der Waals surface area contributed by atoms with Crippen LogP contribution in [0, 0.1) is 11.8 Å². The van der Waals surface area contributed by atoms with Crippen molar-refractivity contribution in [2.75, 3.05) is 6.61 Å². The predicted molar refractivity (Wildman–Crippen MR) is 96.1 cm³/mol. The molecule has 0 aromatic carbocycles. The predicted octanol–water partition coefficient (Wildman–Crippen LogP) is 5.01. The summed E-state index contributed by atoms with van der Waals surface area (Å²) in [6.45, 7) is 4.24. The number of ether oxygens (including phenoxy) is 1. The van der Waals surface area contributed by atoms with Crippen molar-refractivity contribution < 1.29 is 14.6 Å². The smallest absolute Gasteiger partial charge is 0.347 e. The molecule has 0 aliphatic heterocycles. The van der Waals surface area contributed by atoms with E-state index in [-0.39, 0.29) is 6.61 Å². The van der Waals surface area contributed by atoms with Crippen molar-refractivity contribution in [3.05, 3.63) is 0 Å². The van der Waals surface area contributed by atoms with Crippen LogP contribution >= 0.6 is 0 Å². The van der Waals surface area contributed by atoms with Gasteiger partial charge in [0.25, 0.3) is 0 Å². The molecule has 23 heavy (non-hydrogen) atoms. The number of aliphatic hydroxyl groups is 1. The molecule has 1 N–H and O–H groups in total. The summed E-state index contributed by atoms with van der Waals surface area (Å²) in [4.78, 5) is 11.1. The quantitative estimate of drug-likeness (QED) is 0.278. The highest BCUT2D eigenvalue weighted by Gasteiger charge is 2.11. The first-order valence-electron chi connectivity index (χ1n) is 9.55. The zero-order valence-electron chi connectivity index (χ0n) is 15.2. The lowest BCUT2D eigenvalue weighted by Gasteiger charge is -2.02. The van der Waals surface area contributed by atoms with Crippen LogP contribution in [0.3, 0.4) is 0 Å². The average molecular weight is 325 g/mol. The topological polar surface area (TPSA) is 46.5 Å². The molecule has 1 atom stereocenters. The molecular weight excluding hydrogens is 288 g/mol. The molecule has 0 aromatic rings. The minimum atomic E-state index is -1.28. The van der Waals surface area contributed by atoms with Gasteiger partial charge in [-0.3, -0.25) is 0 Å². The Bertz CT molecular complexity index is 328. The van der Waals surface area contributed by atoms with Crippen molar-refractivity contribution in [1.29, 1.82) is 0 Å². The third-order valence-corrected chi connectivity index (χ3v) is 3.90. The number of carbonyl (C=O) groups is 1. The van der Waals surface area contributed by atoms with Crippen LogP contribution in [0.1, 0.15) is 97.3 Å². The minimum Gasteiger partial charge on any atom is -0.463 e. The number of carbonyl (C=O) groups excluding carboxylic acids is 1. The molecule has 3 heteroatoms. The van der Waals surface area contributed by atoms with Gasteiger partial charge >= 0.3 is 5.97 Å². The van der Waals surface area contributed by atoms with Crippen LogP contribution in [-0.2, 0) is 9.53 Å². The summed E-state index contributed by atoms with van der Waals surface area (Å²) < 4.78 is 4.68. The molecule has 134 valence electrons. The van der Waals surface area contributed by atoms with Crippen molar-refractivity contribution in [3.8, 4) is 11.8 Å². The highest BCUT2D eigenvalue weighted by molar-refractivity contribution is 5.77. The maximum Gasteiger partial charge on any atom is 0.347 e. The van der Waals surface area contributed by atoms with Gasteiger partial charge in [-0.15, -0.1) is 0 Å². The van der Waals surface area contributed by atoms with Gasteiger partial charge in [0, 0.05) is 6.42 Å². The van der Waals surface area contributed by atoms with E-state index in [1.54, 1.807) is 6.92 Å². The van der Waals surface area contributed by atoms with Crippen molar-refractivity contribution in [3.63, 3.8) is 0 Å². The molecule has 0 rings (SSSR count). The number of hydrogen-bond acceptors (Lipinski definition) is 3. The van der Waals surface area contributed by atoms with Gasteiger partial charge in [0.15, 0.2) is 0 Å². The van der Waals surface area contributed by atoms with E-state index in [0.29, 0.717) is 0 Å². The number of aliphatic hydroxyl groups excluding tert-OH is 1. The SMILES string of the molecule is CCCCCCCCCCCCCCC#C[C@@H](O)C(=O)OCC. The maximum atomic E-state index is 11.1. The van der Waals surface area contributed by atoms with E-state index in [1.165, 1.54) is 70.6 Å². The number of rotatable bonds is 14. The van der Waals surface area contributed by atoms with Gasteiger partial charge in [-0.1, -0.05) is 89.4 Å². The highest BCUT2D eigenvalue weighted by atomic mass is 16.5. The highest BCUT2D eigenvalue weighted by Crippen LogP contribution is 2.12. The molecular formula is C20H36O3. The molecule has 0 radical (unpaired) electrons. The first-order chi connectivity index (χ1) is 11.2. The Kier molecular flexibility index (Phi) is 16.6. The van der Waals surface area contributed by atoms with Crippen molar-refractivity contribution >= 4 is 5.97 Å². The summed E-state index contributed by atoms with van der Waals surface area (Å²) in [5.74, 6) is 4.75. The van der Waals surface area contributed by atoms with Crippen LogP contribution in [0.15, 0.2) is 0 Å². The van der Waals surface area contributed by atoms with Crippen LogP contribution in [0.25, 0.3) is 0 Å². The molecule has 0 heterocycles. The molecule has 0 saturated heterocycles. The average Bonchev–Trinajstić information content (AvgIpc) is 2.55. The monoisotopic (exact) mass is 324 g/mol. The second kappa shape index (κ2) is 17.3. The summed E-state index contributed by atoms with van der Waals surface area (Å²) in [6, 6.07) is 0. The molecule has 0 bridgehead atoms. The third kappa shape index (κ3) is 15.7. The van der Waals surface area contributed by atoms with E-state index < -0.39 is 12.1 Å². The molecule has 0 unspecified atom stereocenters. The van der Waals surface area contributed by atoms with E-state index in [4.69, 9.17) is 0 Å². The Hall–Kier alpha value is -1.01. The molecule has 0 saturated carbocycles. The Morgan fingerprint density at radius 3 is 1.83 bits per heavy atom. The van der Waals surface area contributed by atoms with E-state index in [9.17, 15) is 9.90 Å². The molecule has 0 aliphatic carbocycles. The first kappa shape index (κ1) is 22.0. The first-order valence-corrected chi connectivity index (χ1v) is 9.55. The second-order valence-corrected chi connectivity index (χ2v) is 6.11. The summed E-state index contributed by atoms with van der Waals surface area (Å²) in [7, 11) is 0. The summed E-state index contributed by atoms with van der Waals surface area (Å²) in [5.41, 5.74) is 0. The summed E-state index contributed by atoms with van der Waals surface area (Å²) in [6.07, 6.45) is 15.3. The van der Waals surface area contributed by atoms with Gasteiger partial charge in [0.05, 0.1) is 6.61 Å². The van der Waals surface area contributed by atoms with E-state index >= 15 is 0 Å². The molecule has 3 nitrogen and oxygen atoms in total. The van der Waals surface area contributed by atoms with Gasteiger partial charge in [-0.05, 0) is 13.3 Å². The van der Waals surface area contributed by atoms with Crippen molar-refractivity contribution in [2.45, 2.75) is 103 Å². The van der Waals surface area contributed by atoms with E-state index in [1.807, 2.05) is 0 Å². The fourth-order valence-corrected chi connectivity index (χ4v) is 2.50. The lowest BCUT2D eigenvalue weighted by Crippen LogP contribution is -2.21. The summed E-state index contributed by atoms with van der Waals surface area (Å²) >= 11 is 0. The fraction of sp³-hybridized carbons (Fsp3) is 0.850. The standard InChI is InChI=1S/C20H36O3/c1-3-5-6-7-8-9-10-11-12-13-14-15-16-17-18-19(21)20(22)23-4-2/h19,21H,3-16H2,1-2H3/t19-/m1/s1. The summed E-state index contributed by atoms with van der Waals surface area (Å²) in [5, 5.41) is 9.39. The Labute approximate surface area is 143 Å². The van der Waals surface area contributed by atoms with Gasteiger partial charge < -0.3 is 9.84 Å². The Morgan fingerprint density at radius 2 is 1.35 bits per heavy atom. The van der Waals surface area contributed by atoms with Crippen LogP contribution in [-0.4, -0.2) is 23.8 Å². The fourth-order valence-electron chi connectivity index (χ4n) is 2.50. The normalized spacial score (nSPS) is 11.6. The molecule has 0 fully saturated rings. The maximum absolute atomic E-state index is 11.1. The molecule has 0 amide bonds. The van der Waals surface area contributed by atoms with Gasteiger partial charge in [-0.2, -0.15) is 0 Å². The molecule has 0 aliphatic rings. The van der Waals surface area contributed by atoms with Gasteiger partial charge in [0.2, 0.25) is 6.10 Å². The lowest BCUT2D eigenvalue weighted by molar-refractivity contribution is -0.149. The zero-order valence-corrected chi connectivity index (χ0v) is 15.2. The van der Waals surface area contributed by atoms with Gasteiger partial charge in [-0.25, -0.2) is 4.79 Å². The van der Waals surface area contributed by atoms with Crippen LogP contribution in [0.5, 0.6) is 0 Å². The number of hydrogen-bond donors (Lipinski definition) is 1. The molecule has 0 spiro atoms. The minimum absolute atomic E-state index is 0.274. The third-order valence-electron chi connectivity index (χ3n) is 3.90. The second-order valence-electron chi connectivity index (χ2n) is 6.11. The van der Waals surface area contributed by atoms with Crippen molar-refractivity contribution in [1.82, 2.24) is 0 Å². The van der Waals surface area contributed by atoms with Crippen LogP contribution in [0.4, 0.5) is 0 Å². The lowest BCUT2D eigenvalue weighted by atomic mass is 10.0. The number of unbranched alkanes of at least 4 members (excludes halogenated alkanes) is 12. The molecule has 0 aromatic heterocycles. The van der Waals surface area contributed by atoms with Gasteiger partial charge in [0.1, 0.15) is 0 Å². The van der Waals surface area contributed by atoms with Crippen LogP contribution < -0.4 is 0 Å². The Morgan fingerprint density at radius 1 is 0.870 bits per heavy atom. The Balaban J connectivity index is 3.29. The van der Waals surface area contributed by atoms with E-state index in [2.05, 4.69) is 23.5 Å². The van der Waals surface area contributed by atoms with Crippen LogP contribution in [0.2, 0.25) is 0 Å². The number of esters is 1. The largest absolute Gasteiger partial charge is 0.463 e. The van der Waals surface area contributed by atoms with E-state index in [0.717, 1.165) is 12.8 Å².